The lowest BCUT2D eigenvalue weighted by molar-refractivity contribution is 0.0697. The zero-order chi connectivity index (χ0) is 13.8. The molecule has 2 rings (SSSR count). The monoisotopic (exact) mass is 261 g/mol. The van der Waals surface area contributed by atoms with Crippen LogP contribution >= 0.6 is 0 Å². The summed E-state index contributed by atoms with van der Waals surface area (Å²) < 4.78 is 0. The number of azide groups is 1. The van der Waals surface area contributed by atoms with Crippen molar-refractivity contribution >= 4 is 17.3 Å². The van der Waals surface area contributed by atoms with Crippen LogP contribution < -0.4 is 10.2 Å². The van der Waals surface area contributed by atoms with Crippen LogP contribution in [0.25, 0.3) is 10.4 Å². The van der Waals surface area contributed by atoms with Crippen LogP contribution in [0, 0.1) is 6.92 Å². The first-order chi connectivity index (χ1) is 9.13. The molecule has 100 valence electrons. The second-order valence-corrected chi connectivity index (χ2v) is 4.37. The molecule has 0 radical (unpaired) electrons. The summed E-state index contributed by atoms with van der Waals surface area (Å²) in [6, 6.07) is 3.04. The largest absolute Gasteiger partial charge is 0.478 e. The molecule has 1 aliphatic rings. The third-order valence-corrected chi connectivity index (χ3v) is 3.21. The van der Waals surface area contributed by atoms with Gasteiger partial charge in [-0.25, -0.2) is 4.79 Å². The van der Waals surface area contributed by atoms with Crippen LogP contribution in [0.2, 0.25) is 0 Å². The highest BCUT2D eigenvalue weighted by atomic mass is 16.4. The Kier molecular flexibility index (Phi) is 3.89. The molecule has 0 saturated carbocycles. The first-order valence-corrected chi connectivity index (χ1v) is 6.02. The molecule has 0 atom stereocenters. The molecule has 1 fully saturated rings. The topological polar surface area (TPSA) is 101 Å². The number of benzene rings is 1. The Balaban J connectivity index is 2.50. The van der Waals surface area contributed by atoms with Gasteiger partial charge >= 0.3 is 5.97 Å². The van der Waals surface area contributed by atoms with E-state index in [1.165, 1.54) is 6.07 Å². The van der Waals surface area contributed by atoms with Crippen molar-refractivity contribution in [1.29, 1.82) is 0 Å². The van der Waals surface area contributed by atoms with Gasteiger partial charge in [-0.15, -0.1) is 0 Å². The van der Waals surface area contributed by atoms with Gasteiger partial charge in [-0.1, -0.05) is 5.11 Å². The van der Waals surface area contributed by atoms with Gasteiger partial charge in [-0.3, -0.25) is 0 Å². The predicted molar refractivity (Wildman–Crippen MR) is 72.0 cm³/mol. The minimum Gasteiger partial charge on any atom is -0.478 e. The quantitative estimate of drug-likeness (QED) is 0.494. The number of rotatable bonds is 3. The summed E-state index contributed by atoms with van der Waals surface area (Å²) in [6.07, 6.45) is 0. The molecule has 2 N–H and O–H groups in total. The first-order valence-electron chi connectivity index (χ1n) is 6.02. The van der Waals surface area contributed by atoms with Crippen molar-refractivity contribution in [3.63, 3.8) is 0 Å². The summed E-state index contributed by atoms with van der Waals surface area (Å²) >= 11 is 0. The molecule has 1 aromatic carbocycles. The first kappa shape index (κ1) is 13.2. The van der Waals surface area contributed by atoms with Crippen LogP contribution in [0.15, 0.2) is 17.2 Å². The second kappa shape index (κ2) is 5.60. The van der Waals surface area contributed by atoms with Crippen LogP contribution in [0.1, 0.15) is 15.9 Å². The maximum absolute atomic E-state index is 11.1. The molecule has 19 heavy (non-hydrogen) atoms. The Hall–Kier alpha value is -2.24. The standard InChI is InChI=1S/C12H15N5O2/c1-8-10(15-16-13)6-9(12(18)19)7-11(8)17-4-2-14-3-5-17/h6-7,14H,2-5H2,1H3,(H,18,19). The van der Waals surface area contributed by atoms with E-state index in [4.69, 9.17) is 10.6 Å². The molecule has 0 amide bonds. The van der Waals surface area contributed by atoms with Gasteiger partial charge < -0.3 is 15.3 Å². The number of hydrogen-bond donors (Lipinski definition) is 2. The van der Waals surface area contributed by atoms with Crippen molar-refractivity contribution in [3.05, 3.63) is 33.7 Å². The van der Waals surface area contributed by atoms with Gasteiger partial charge in [0.1, 0.15) is 0 Å². The maximum Gasteiger partial charge on any atom is 0.335 e. The summed E-state index contributed by atoms with van der Waals surface area (Å²) in [5.74, 6) is -1.02. The van der Waals surface area contributed by atoms with E-state index in [0.717, 1.165) is 37.4 Å². The van der Waals surface area contributed by atoms with Crippen LogP contribution in [0.4, 0.5) is 11.4 Å². The fraction of sp³-hybridized carbons (Fsp3) is 0.417. The minimum atomic E-state index is -1.02. The summed E-state index contributed by atoms with van der Waals surface area (Å²) in [4.78, 5) is 16.0. The molecule has 0 unspecified atom stereocenters. The molecule has 0 aliphatic carbocycles. The molecular weight excluding hydrogens is 246 g/mol. The van der Waals surface area contributed by atoms with E-state index in [-0.39, 0.29) is 5.56 Å². The van der Waals surface area contributed by atoms with Gasteiger partial charge in [0.2, 0.25) is 0 Å². The average molecular weight is 261 g/mol. The highest BCUT2D eigenvalue weighted by Crippen LogP contribution is 2.31. The number of hydrogen-bond acceptors (Lipinski definition) is 4. The zero-order valence-electron chi connectivity index (χ0n) is 10.6. The highest BCUT2D eigenvalue weighted by molar-refractivity contribution is 5.91. The van der Waals surface area contributed by atoms with E-state index in [0.29, 0.717) is 5.69 Å². The number of piperazine rings is 1. The normalized spacial score (nSPS) is 14.9. The van der Waals surface area contributed by atoms with E-state index >= 15 is 0 Å². The number of carboxylic acid groups (broad SMARTS) is 1. The van der Waals surface area contributed by atoms with Crippen molar-refractivity contribution < 1.29 is 9.90 Å². The summed E-state index contributed by atoms with van der Waals surface area (Å²) in [5.41, 5.74) is 10.7. The highest BCUT2D eigenvalue weighted by Gasteiger charge is 2.17. The van der Waals surface area contributed by atoms with Crippen molar-refractivity contribution in [3.8, 4) is 0 Å². The van der Waals surface area contributed by atoms with E-state index < -0.39 is 5.97 Å². The number of carbonyl (C=O) groups is 1. The molecular formula is C12H15N5O2. The average Bonchev–Trinajstić information content (AvgIpc) is 2.42. The molecule has 0 spiro atoms. The third-order valence-electron chi connectivity index (χ3n) is 3.21. The number of anilines is 1. The molecule has 0 bridgehead atoms. The fourth-order valence-electron chi connectivity index (χ4n) is 2.19. The van der Waals surface area contributed by atoms with Crippen LogP contribution in [0.5, 0.6) is 0 Å². The molecule has 7 nitrogen and oxygen atoms in total. The van der Waals surface area contributed by atoms with Gasteiger partial charge in [-0.05, 0) is 30.2 Å². The predicted octanol–water partition coefficient (Wildman–Crippen LogP) is 2.04. The van der Waals surface area contributed by atoms with Crippen LogP contribution in [-0.2, 0) is 0 Å². The van der Waals surface area contributed by atoms with Gasteiger partial charge in [0.15, 0.2) is 0 Å². The maximum atomic E-state index is 11.1. The van der Waals surface area contributed by atoms with Crippen molar-refractivity contribution in [2.75, 3.05) is 31.1 Å². The lowest BCUT2D eigenvalue weighted by Crippen LogP contribution is -2.43. The van der Waals surface area contributed by atoms with Gasteiger partial charge in [0.25, 0.3) is 0 Å². The Morgan fingerprint density at radius 1 is 1.47 bits per heavy atom. The molecule has 0 aromatic heterocycles. The molecule has 1 aliphatic heterocycles. The number of aromatic carboxylic acids is 1. The SMILES string of the molecule is Cc1c(N=[N+]=[N-])cc(C(=O)O)cc1N1CCNCC1. The van der Waals surface area contributed by atoms with Gasteiger partial charge in [0, 0.05) is 42.5 Å². The molecule has 1 heterocycles. The van der Waals surface area contributed by atoms with Crippen LogP contribution in [0.3, 0.4) is 0 Å². The minimum absolute atomic E-state index is 0.140. The van der Waals surface area contributed by atoms with E-state index in [1.807, 2.05) is 6.92 Å². The summed E-state index contributed by atoms with van der Waals surface area (Å²) in [6.45, 7) is 5.16. The number of carboxylic acids is 1. The van der Waals surface area contributed by atoms with Crippen LogP contribution in [-0.4, -0.2) is 37.3 Å². The zero-order valence-corrected chi connectivity index (χ0v) is 10.6. The van der Waals surface area contributed by atoms with E-state index in [9.17, 15) is 4.79 Å². The van der Waals surface area contributed by atoms with Gasteiger partial charge in [-0.2, -0.15) is 0 Å². The lowest BCUT2D eigenvalue weighted by atomic mass is 10.1. The fourth-order valence-corrected chi connectivity index (χ4v) is 2.19. The van der Waals surface area contributed by atoms with Crippen molar-refractivity contribution in [2.45, 2.75) is 6.92 Å². The van der Waals surface area contributed by atoms with Crippen molar-refractivity contribution in [2.24, 2.45) is 5.11 Å². The Morgan fingerprint density at radius 2 is 2.16 bits per heavy atom. The molecule has 7 heteroatoms. The summed E-state index contributed by atoms with van der Waals surface area (Å²) in [7, 11) is 0. The second-order valence-electron chi connectivity index (χ2n) is 4.37. The molecule has 1 saturated heterocycles. The Morgan fingerprint density at radius 3 is 2.74 bits per heavy atom. The Labute approximate surface area is 110 Å². The van der Waals surface area contributed by atoms with E-state index in [1.54, 1.807) is 6.07 Å². The summed E-state index contributed by atoms with van der Waals surface area (Å²) in [5, 5.41) is 15.9. The third kappa shape index (κ3) is 2.78. The van der Waals surface area contributed by atoms with E-state index in [2.05, 4.69) is 20.2 Å². The van der Waals surface area contributed by atoms with Gasteiger partial charge in [0.05, 0.1) is 5.56 Å². The Bertz CT molecular complexity index is 545. The smallest absolute Gasteiger partial charge is 0.335 e. The van der Waals surface area contributed by atoms with Crippen molar-refractivity contribution in [1.82, 2.24) is 5.32 Å². The lowest BCUT2D eigenvalue weighted by Gasteiger charge is -2.31. The number of nitrogens with one attached hydrogen (secondary N) is 1. The number of nitrogens with zero attached hydrogens (tertiary/aromatic N) is 4. The molecule has 1 aromatic rings.